The molecule has 0 aromatic rings. The van der Waals surface area contributed by atoms with Crippen molar-refractivity contribution in [1.29, 1.82) is 0 Å². The van der Waals surface area contributed by atoms with Gasteiger partial charge in [0.2, 0.25) is 0 Å². The molecule has 3 nitrogen and oxygen atoms in total. The maximum Gasteiger partial charge on any atom is 0.354 e. The Morgan fingerprint density at radius 2 is 1.71 bits per heavy atom. The van der Waals surface area contributed by atoms with Crippen LogP contribution in [-0.4, -0.2) is 19.1 Å². The number of hydrogen-bond acceptors (Lipinski definition) is 3. The molecule has 0 aromatic carbocycles. The van der Waals surface area contributed by atoms with E-state index in [1.807, 2.05) is 6.92 Å². The number of carbonyl (C=O) groups excluding carboxylic acids is 1. The van der Waals surface area contributed by atoms with Crippen molar-refractivity contribution < 1.29 is 9.53 Å². The molecular weight excluding hydrogens is 214 g/mol. The Morgan fingerprint density at radius 3 is 2.18 bits per heavy atom. The molecule has 0 atom stereocenters. The van der Waals surface area contributed by atoms with Gasteiger partial charge in [-0.3, -0.25) is 0 Å². The summed E-state index contributed by atoms with van der Waals surface area (Å²) in [5, 5.41) is 3.24. The van der Waals surface area contributed by atoms with Gasteiger partial charge in [0.15, 0.2) is 0 Å². The highest BCUT2D eigenvalue weighted by Gasteiger charge is 2.14. The van der Waals surface area contributed by atoms with Gasteiger partial charge in [0.05, 0.1) is 6.61 Å². The molecule has 0 aliphatic rings. The van der Waals surface area contributed by atoms with Crippen LogP contribution in [0.25, 0.3) is 0 Å². The minimum atomic E-state index is -0.193. The number of allylic oxidation sites excluding steroid dienone is 1. The molecule has 3 heteroatoms. The minimum absolute atomic E-state index is 0.193. The summed E-state index contributed by atoms with van der Waals surface area (Å²) in [6.07, 6.45) is 4.85. The average Bonchev–Trinajstić information content (AvgIpc) is 2.35. The van der Waals surface area contributed by atoms with E-state index in [2.05, 4.69) is 26.1 Å². The van der Waals surface area contributed by atoms with Gasteiger partial charge >= 0.3 is 5.97 Å². The molecule has 100 valence electrons. The Bertz CT molecular complexity index is 241. The van der Waals surface area contributed by atoms with Crippen LogP contribution < -0.4 is 5.32 Å². The van der Waals surface area contributed by atoms with Gasteiger partial charge in [-0.25, -0.2) is 4.79 Å². The third-order valence-electron chi connectivity index (χ3n) is 2.68. The molecule has 0 bridgehead atoms. The van der Waals surface area contributed by atoms with Gasteiger partial charge in [-0.2, -0.15) is 0 Å². The molecule has 0 heterocycles. The lowest BCUT2D eigenvalue weighted by Gasteiger charge is -2.14. The lowest BCUT2D eigenvalue weighted by atomic mass is 10.1. The summed E-state index contributed by atoms with van der Waals surface area (Å²) >= 11 is 0. The monoisotopic (exact) mass is 241 g/mol. The molecule has 0 saturated heterocycles. The first-order valence-electron chi connectivity index (χ1n) is 6.84. The molecule has 17 heavy (non-hydrogen) atoms. The Morgan fingerprint density at radius 1 is 1.06 bits per heavy atom. The number of carbonyl (C=O) groups is 1. The summed E-state index contributed by atoms with van der Waals surface area (Å²) < 4.78 is 5.21. The van der Waals surface area contributed by atoms with E-state index < -0.39 is 0 Å². The Kier molecular flexibility index (Phi) is 9.59. The number of nitrogens with one attached hydrogen (secondary N) is 1. The fourth-order valence-corrected chi connectivity index (χ4v) is 1.60. The zero-order chi connectivity index (χ0) is 13.1. The van der Waals surface area contributed by atoms with Gasteiger partial charge < -0.3 is 10.1 Å². The van der Waals surface area contributed by atoms with E-state index >= 15 is 0 Å². The lowest BCUT2D eigenvalue weighted by molar-refractivity contribution is -0.139. The van der Waals surface area contributed by atoms with Crippen LogP contribution in [0.5, 0.6) is 0 Å². The predicted molar refractivity (Wildman–Crippen MR) is 71.8 cm³/mol. The van der Waals surface area contributed by atoms with Crippen LogP contribution in [0.1, 0.15) is 59.8 Å². The van der Waals surface area contributed by atoms with Crippen molar-refractivity contribution in [3.8, 4) is 0 Å². The fourth-order valence-electron chi connectivity index (χ4n) is 1.60. The molecule has 0 radical (unpaired) electrons. The second-order valence-corrected chi connectivity index (χ2v) is 4.10. The van der Waals surface area contributed by atoms with Crippen molar-refractivity contribution in [2.24, 2.45) is 0 Å². The smallest absolute Gasteiger partial charge is 0.354 e. The second-order valence-electron chi connectivity index (χ2n) is 4.10. The van der Waals surface area contributed by atoms with Crippen LogP contribution in [0.2, 0.25) is 0 Å². The molecule has 0 aliphatic carbocycles. The zero-order valence-corrected chi connectivity index (χ0v) is 11.8. The first-order chi connectivity index (χ1) is 8.21. The summed E-state index contributed by atoms with van der Waals surface area (Å²) in [5.41, 5.74) is 1.85. The van der Waals surface area contributed by atoms with E-state index in [9.17, 15) is 4.79 Å². The van der Waals surface area contributed by atoms with Gasteiger partial charge in [0.25, 0.3) is 0 Å². The third-order valence-corrected chi connectivity index (χ3v) is 2.68. The Hall–Kier alpha value is -0.990. The molecule has 0 aliphatic heterocycles. The highest BCUT2D eigenvalue weighted by atomic mass is 16.5. The SMILES string of the molecule is CCCCNC(C(=O)OCCC)=C(CC)CC. The number of rotatable bonds is 9. The standard InChI is InChI=1S/C14H27NO2/c1-5-9-10-15-13(12(7-3)8-4)14(16)17-11-6-2/h15H,5-11H2,1-4H3. The molecule has 0 saturated carbocycles. The van der Waals surface area contributed by atoms with E-state index in [1.165, 1.54) is 0 Å². The van der Waals surface area contributed by atoms with Gasteiger partial charge in [0.1, 0.15) is 5.70 Å². The van der Waals surface area contributed by atoms with Crippen molar-refractivity contribution >= 4 is 5.97 Å². The largest absolute Gasteiger partial charge is 0.461 e. The minimum Gasteiger partial charge on any atom is -0.461 e. The van der Waals surface area contributed by atoms with Crippen LogP contribution in [-0.2, 0) is 9.53 Å². The van der Waals surface area contributed by atoms with Crippen LogP contribution in [0.15, 0.2) is 11.3 Å². The summed E-state index contributed by atoms with van der Waals surface area (Å²) in [5.74, 6) is -0.193. The van der Waals surface area contributed by atoms with Gasteiger partial charge in [-0.05, 0) is 31.3 Å². The summed E-state index contributed by atoms with van der Waals surface area (Å²) in [4.78, 5) is 11.9. The van der Waals surface area contributed by atoms with Crippen LogP contribution >= 0.6 is 0 Å². The normalized spacial score (nSPS) is 9.88. The Labute approximate surface area is 106 Å². The van der Waals surface area contributed by atoms with Crippen molar-refractivity contribution in [3.63, 3.8) is 0 Å². The summed E-state index contributed by atoms with van der Waals surface area (Å²) in [7, 11) is 0. The van der Waals surface area contributed by atoms with Gasteiger partial charge in [-0.1, -0.05) is 34.1 Å². The molecule has 1 N–H and O–H groups in total. The lowest BCUT2D eigenvalue weighted by Crippen LogP contribution is -2.25. The molecular formula is C14H27NO2. The van der Waals surface area contributed by atoms with Gasteiger partial charge in [0, 0.05) is 6.54 Å². The predicted octanol–water partition coefficient (Wildman–Crippen LogP) is 3.40. The topological polar surface area (TPSA) is 38.3 Å². The van der Waals surface area contributed by atoms with Crippen LogP contribution in [0.3, 0.4) is 0 Å². The highest BCUT2D eigenvalue weighted by molar-refractivity contribution is 5.88. The van der Waals surface area contributed by atoms with Crippen molar-refractivity contribution in [2.45, 2.75) is 59.8 Å². The third kappa shape index (κ3) is 6.35. The zero-order valence-electron chi connectivity index (χ0n) is 11.8. The molecule has 0 amide bonds. The van der Waals surface area contributed by atoms with E-state index in [0.717, 1.165) is 44.2 Å². The van der Waals surface area contributed by atoms with Crippen molar-refractivity contribution in [1.82, 2.24) is 5.32 Å². The van der Waals surface area contributed by atoms with Crippen molar-refractivity contribution in [3.05, 3.63) is 11.3 Å². The van der Waals surface area contributed by atoms with Crippen LogP contribution in [0.4, 0.5) is 0 Å². The first-order valence-corrected chi connectivity index (χ1v) is 6.84. The fraction of sp³-hybridized carbons (Fsp3) is 0.786. The average molecular weight is 241 g/mol. The van der Waals surface area contributed by atoms with Gasteiger partial charge in [-0.15, -0.1) is 0 Å². The van der Waals surface area contributed by atoms with E-state index in [1.54, 1.807) is 0 Å². The van der Waals surface area contributed by atoms with Crippen LogP contribution in [0, 0.1) is 0 Å². The maximum atomic E-state index is 11.9. The molecule has 0 rings (SSSR count). The first kappa shape index (κ1) is 16.0. The number of unbranched alkanes of at least 4 members (excludes halogenated alkanes) is 1. The van der Waals surface area contributed by atoms with E-state index in [0.29, 0.717) is 12.3 Å². The summed E-state index contributed by atoms with van der Waals surface area (Å²) in [6, 6.07) is 0. The number of esters is 1. The molecule has 0 fully saturated rings. The maximum absolute atomic E-state index is 11.9. The van der Waals surface area contributed by atoms with E-state index in [-0.39, 0.29) is 5.97 Å². The number of ether oxygens (including phenoxy) is 1. The molecule has 0 unspecified atom stereocenters. The Balaban J connectivity index is 4.59. The second kappa shape index (κ2) is 10.2. The molecule has 0 spiro atoms. The number of hydrogen-bond donors (Lipinski definition) is 1. The van der Waals surface area contributed by atoms with Crippen molar-refractivity contribution in [2.75, 3.05) is 13.2 Å². The quantitative estimate of drug-likeness (QED) is 0.382. The summed E-state index contributed by atoms with van der Waals surface area (Å²) in [6.45, 7) is 9.64. The molecule has 0 aromatic heterocycles. The van der Waals surface area contributed by atoms with E-state index in [4.69, 9.17) is 4.74 Å². The highest BCUT2D eigenvalue weighted by Crippen LogP contribution is 2.12.